The zero-order valence-electron chi connectivity index (χ0n) is 11.9. The molecule has 2 amide bonds. The summed E-state index contributed by atoms with van der Waals surface area (Å²) in [5, 5.41) is 5.04. The van der Waals surface area contributed by atoms with Gasteiger partial charge in [0, 0.05) is 10.5 Å². The monoisotopic (exact) mass is 340 g/mol. The Balaban J connectivity index is 1.76. The van der Waals surface area contributed by atoms with Crippen LogP contribution in [0.15, 0.2) is 52.0 Å². The second-order valence-electron chi connectivity index (χ2n) is 4.44. The molecule has 0 unspecified atom stereocenters. The highest BCUT2D eigenvalue weighted by Crippen LogP contribution is 2.25. The van der Waals surface area contributed by atoms with Crippen molar-refractivity contribution in [3.05, 3.63) is 54.0 Å². The third-order valence-corrected chi connectivity index (χ3v) is 3.51. The Morgan fingerprint density at radius 1 is 1.13 bits per heavy atom. The van der Waals surface area contributed by atoms with Crippen molar-refractivity contribution in [1.82, 2.24) is 10.6 Å². The molecule has 8 heteroatoms. The number of furan rings is 1. The number of halogens is 2. The van der Waals surface area contributed by atoms with Gasteiger partial charge in [-0.1, -0.05) is 11.8 Å². The molecular formula is C15H14F2N2O3S. The third kappa shape index (κ3) is 5.74. The molecule has 23 heavy (non-hydrogen) atoms. The van der Waals surface area contributed by atoms with Crippen molar-refractivity contribution >= 4 is 23.6 Å². The maximum Gasteiger partial charge on any atom is 0.288 e. The maximum atomic E-state index is 12.2. The van der Waals surface area contributed by atoms with Gasteiger partial charge in [-0.25, -0.2) is 0 Å². The molecule has 0 saturated heterocycles. The molecule has 122 valence electrons. The second-order valence-corrected chi connectivity index (χ2v) is 5.51. The molecule has 2 aromatic rings. The number of nitrogens with one attached hydrogen (secondary N) is 2. The summed E-state index contributed by atoms with van der Waals surface area (Å²) in [6.07, 6.45) is 1.50. The van der Waals surface area contributed by atoms with Crippen LogP contribution in [0.25, 0.3) is 0 Å². The van der Waals surface area contributed by atoms with Gasteiger partial charge in [-0.3, -0.25) is 9.59 Å². The first-order chi connectivity index (χ1) is 11.0. The van der Waals surface area contributed by atoms with Crippen LogP contribution < -0.4 is 10.6 Å². The Kier molecular flexibility index (Phi) is 6.16. The van der Waals surface area contributed by atoms with E-state index in [-0.39, 0.29) is 19.0 Å². The molecule has 0 bridgehead atoms. The number of benzene rings is 1. The number of carbonyl (C=O) groups excluding carboxylic acids is 2. The molecular weight excluding hydrogens is 326 g/mol. The van der Waals surface area contributed by atoms with Crippen molar-refractivity contribution in [2.45, 2.75) is 17.2 Å². The van der Waals surface area contributed by atoms with Crippen LogP contribution in [0.5, 0.6) is 0 Å². The van der Waals surface area contributed by atoms with Crippen molar-refractivity contribution in [1.29, 1.82) is 0 Å². The van der Waals surface area contributed by atoms with Crippen molar-refractivity contribution in [3.8, 4) is 0 Å². The summed E-state index contributed by atoms with van der Waals surface area (Å²) >= 11 is 0.404. The van der Waals surface area contributed by atoms with Crippen molar-refractivity contribution < 1.29 is 22.8 Å². The van der Waals surface area contributed by atoms with Crippen LogP contribution in [-0.2, 0) is 11.3 Å². The first-order valence-corrected chi connectivity index (χ1v) is 7.54. The third-order valence-electron chi connectivity index (χ3n) is 2.79. The summed E-state index contributed by atoms with van der Waals surface area (Å²) in [6.45, 7) is 0.0499. The number of amides is 2. The Bertz CT molecular complexity index is 645. The molecule has 2 N–H and O–H groups in total. The fourth-order valence-corrected chi connectivity index (χ4v) is 2.21. The van der Waals surface area contributed by atoms with E-state index in [0.717, 1.165) is 0 Å². The quantitative estimate of drug-likeness (QED) is 0.760. The maximum absolute atomic E-state index is 12.2. The van der Waals surface area contributed by atoms with Gasteiger partial charge in [0.05, 0.1) is 19.4 Å². The Morgan fingerprint density at radius 2 is 1.87 bits per heavy atom. The number of thioether (sulfide) groups is 1. The zero-order valence-corrected chi connectivity index (χ0v) is 12.7. The minimum absolute atomic E-state index is 0.187. The molecule has 0 spiro atoms. The highest BCUT2D eigenvalue weighted by molar-refractivity contribution is 7.99. The van der Waals surface area contributed by atoms with E-state index in [2.05, 4.69) is 10.6 Å². The van der Waals surface area contributed by atoms with Gasteiger partial charge < -0.3 is 15.1 Å². The largest absolute Gasteiger partial charge is 0.467 e. The smallest absolute Gasteiger partial charge is 0.288 e. The molecule has 1 aromatic carbocycles. The van der Waals surface area contributed by atoms with Gasteiger partial charge in [-0.05, 0) is 36.4 Å². The van der Waals surface area contributed by atoms with E-state index in [1.165, 1.54) is 30.5 Å². The van der Waals surface area contributed by atoms with E-state index in [4.69, 9.17) is 4.42 Å². The number of carbonyl (C=O) groups is 2. The van der Waals surface area contributed by atoms with Crippen LogP contribution in [0, 0.1) is 0 Å². The van der Waals surface area contributed by atoms with Gasteiger partial charge in [0.25, 0.3) is 11.7 Å². The number of hydrogen-bond acceptors (Lipinski definition) is 4. The summed E-state index contributed by atoms with van der Waals surface area (Å²) in [5.41, 5.74) is 0.294. The summed E-state index contributed by atoms with van der Waals surface area (Å²) < 4.78 is 29.5. The van der Waals surface area contributed by atoms with Crippen LogP contribution in [0.2, 0.25) is 0 Å². The molecule has 0 aliphatic carbocycles. The van der Waals surface area contributed by atoms with E-state index in [1.54, 1.807) is 12.1 Å². The van der Waals surface area contributed by atoms with Crippen LogP contribution in [0.3, 0.4) is 0 Å². The molecule has 0 fully saturated rings. The predicted octanol–water partition coefficient (Wildman–Crippen LogP) is 2.64. The Hall–Kier alpha value is -2.35. The van der Waals surface area contributed by atoms with Crippen molar-refractivity contribution in [2.75, 3.05) is 6.54 Å². The fraction of sp³-hybridized carbons (Fsp3) is 0.200. The van der Waals surface area contributed by atoms with Gasteiger partial charge in [-0.15, -0.1) is 0 Å². The fourth-order valence-electron chi connectivity index (χ4n) is 1.71. The minimum Gasteiger partial charge on any atom is -0.467 e. The van der Waals surface area contributed by atoms with Gasteiger partial charge >= 0.3 is 0 Å². The number of rotatable bonds is 7. The molecule has 0 aliphatic heterocycles. The van der Waals surface area contributed by atoms with Crippen LogP contribution in [0.4, 0.5) is 8.78 Å². The SMILES string of the molecule is O=C(CNC(=O)c1ccc(SC(F)F)cc1)NCc1ccco1. The molecule has 1 heterocycles. The zero-order chi connectivity index (χ0) is 16.7. The highest BCUT2D eigenvalue weighted by Gasteiger charge is 2.10. The van der Waals surface area contributed by atoms with E-state index in [9.17, 15) is 18.4 Å². The van der Waals surface area contributed by atoms with E-state index in [1.807, 2.05) is 0 Å². The van der Waals surface area contributed by atoms with Gasteiger partial charge in [0.1, 0.15) is 5.76 Å². The lowest BCUT2D eigenvalue weighted by atomic mass is 10.2. The highest BCUT2D eigenvalue weighted by atomic mass is 32.2. The molecule has 2 rings (SSSR count). The molecule has 0 saturated carbocycles. The lowest BCUT2D eigenvalue weighted by molar-refractivity contribution is -0.120. The lowest BCUT2D eigenvalue weighted by Crippen LogP contribution is -2.36. The average Bonchev–Trinajstić information content (AvgIpc) is 3.04. The van der Waals surface area contributed by atoms with Crippen molar-refractivity contribution in [3.63, 3.8) is 0 Å². The van der Waals surface area contributed by atoms with E-state index in [0.29, 0.717) is 28.0 Å². The first-order valence-electron chi connectivity index (χ1n) is 6.67. The summed E-state index contributed by atoms with van der Waals surface area (Å²) in [5.74, 6) is -2.71. The molecule has 0 radical (unpaired) electrons. The molecule has 0 atom stereocenters. The van der Waals surface area contributed by atoms with Crippen LogP contribution in [0.1, 0.15) is 16.1 Å². The summed E-state index contributed by atoms with van der Waals surface area (Å²) in [7, 11) is 0. The average molecular weight is 340 g/mol. The molecule has 0 aliphatic rings. The summed E-state index contributed by atoms with van der Waals surface area (Å²) in [4.78, 5) is 23.8. The lowest BCUT2D eigenvalue weighted by Gasteiger charge is -2.07. The Labute approximate surface area is 135 Å². The second kappa shape index (κ2) is 8.33. The number of alkyl halides is 2. The first kappa shape index (κ1) is 17.0. The van der Waals surface area contributed by atoms with Gasteiger partial charge in [0.2, 0.25) is 5.91 Å². The van der Waals surface area contributed by atoms with Crippen LogP contribution >= 0.6 is 11.8 Å². The topological polar surface area (TPSA) is 71.3 Å². The minimum atomic E-state index is -2.51. The van der Waals surface area contributed by atoms with Crippen molar-refractivity contribution in [2.24, 2.45) is 0 Å². The predicted molar refractivity (Wildman–Crippen MR) is 81.2 cm³/mol. The standard InChI is InChI=1S/C15H14F2N2O3S/c16-15(17)23-12-5-3-10(4-6-12)14(21)19-9-13(20)18-8-11-2-1-7-22-11/h1-7,15H,8-9H2,(H,18,20)(H,19,21). The number of hydrogen-bond donors (Lipinski definition) is 2. The molecule has 1 aromatic heterocycles. The van der Waals surface area contributed by atoms with Gasteiger partial charge in [0.15, 0.2) is 0 Å². The van der Waals surface area contributed by atoms with E-state index >= 15 is 0 Å². The normalized spacial score (nSPS) is 10.6. The summed E-state index contributed by atoms with van der Waals surface area (Å²) in [6, 6.07) is 9.16. The van der Waals surface area contributed by atoms with Gasteiger partial charge in [-0.2, -0.15) is 8.78 Å². The molecule has 5 nitrogen and oxygen atoms in total. The van der Waals surface area contributed by atoms with Crippen LogP contribution in [-0.4, -0.2) is 24.1 Å². The Morgan fingerprint density at radius 3 is 2.48 bits per heavy atom. The van der Waals surface area contributed by atoms with E-state index < -0.39 is 11.7 Å².